The number of aryl methyl sites for hydroxylation is 1. The molecular formula is C13H18N4O. The highest BCUT2D eigenvalue weighted by molar-refractivity contribution is 5.66. The Bertz CT molecular complexity index is 495. The number of benzene rings is 1. The smallest absolute Gasteiger partial charge is 0.128 e. The Kier molecular flexibility index (Phi) is 4.30. The topological polar surface area (TPSA) is 66.0 Å². The molecule has 0 amide bonds. The van der Waals surface area contributed by atoms with Gasteiger partial charge in [0.15, 0.2) is 0 Å². The number of hydrogen-bond donors (Lipinski definition) is 1. The van der Waals surface area contributed by atoms with E-state index in [4.69, 9.17) is 10.5 Å². The first kappa shape index (κ1) is 12.6. The molecule has 18 heavy (non-hydrogen) atoms. The maximum absolute atomic E-state index is 5.58. The molecule has 0 atom stereocenters. The first-order chi connectivity index (χ1) is 8.85. The largest absolute Gasteiger partial charge is 0.493 e. The Hall–Kier alpha value is -1.88. The third-order valence-electron chi connectivity index (χ3n) is 2.59. The van der Waals surface area contributed by atoms with Crippen molar-refractivity contribution in [2.24, 2.45) is 5.73 Å². The first-order valence-electron chi connectivity index (χ1n) is 6.17. The van der Waals surface area contributed by atoms with E-state index in [-0.39, 0.29) is 0 Å². The fourth-order valence-electron chi connectivity index (χ4n) is 1.74. The third kappa shape index (κ3) is 2.87. The third-order valence-corrected chi connectivity index (χ3v) is 2.59. The van der Waals surface area contributed by atoms with E-state index < -0.39 is 0 Å². The zero-order valence-corrected chi connectivity index (χ0v) is 10.5. The summed E-state index contributed by atoms with van der Waals surface area (Å²) in [6.45, 7) is 4.05. The average Bonchev–Trinajstić information content (AvgIpc) is 2.86. The summed E-state index contributed by atoms with van der Waals surface area (Å²) in [5.41, 5.74) is 7.28. The number of para-hydroxylation sites is 1. The lowest BCUT2D eigenvalue weighted by Gasteiger charge is -2.06. The Labute approximate surface area is 107 Å². The second-order valence-electron chi connectivity index (χ2n) is 3.94. The highest BCUT2D eigenvalue weighted by Gasteiger charge is 2.09. The van der Waals surface area contributed by atoms with E-state index in [1.165, 1.54) is 0 Å². The van der Waals surface area contributed by atoms with Gasteiger partial charge in [-0.25, -0.2) is 0 Å². The second-order valence-corrected chi connectivity index (χ2v) is 3.94. The van der Waals surface area contributed by atoms with Gasteiger partial charge in [0.1, 0.15) is 11.4 Å². The molecule has 5 nitrogen and oxygen atoms in total. The van der Waals surface area contributed by atoms with Gasteiger partial charge in [0.25, 0.3) is 0 Å². The standard InChI is InChI=1S/C13H18N4O/c1-2-18-13-7-4-3-6-11(13)12-10-17(16-15-12)9-5-8-14/h3-4,6-7,10H,2,5,8-9,14H2,1H3. The monoisotopic (exact) mass is 246 g/mol. The number of ether oxygens (including phenoxy) is 1. The summed E-state index contributed by atoms with van der Waals surface area (Å²) in [5, 5.41) is 8.26. The molecule has 2 N–H and O–H groups in total. The molecule has 0 unspecified atom stereocenters. The number of aromatic nitrogens is 3. The van der Waals surface area contributed by atoms with E-state index in [2.05, 4.69) is 10.3 Å². The predicted molar refractivity (Wildman–Crippen MR) is 70.3 cm³/mol. The van der Waals surface area contributed by atoms with Gasteiger partial charge < -0.3 is 10.5 Å². The molecule has 2 rings (SSSR count). The molecule has 0 aliphatic rings. The summed E-state index contributed by atoms with van der Waals surface area (Å²) >= 11 is 0. The minimum atomic E-state index is 0.637. The van der Waals surface area contributed by atoms with Gasteiger partial charge >= 0.3 is 0 Å². The van der Waals surface area contributed by atoms with Crippen LogP contribution in [-0.4, -0.2) is 28.1 Å². The quantitative estimate of drug-likeness (QED) is 0.842. The molecule has 5 heteroatoms. The minimum absolute atomic E-state index is 0.637. The van der Waals surface area contributed by atoms with Gasteiger partial charge in [0.2, 0.25) is 0 Å². The lowest BCUT2D eigenvalue weighted by molar-refractivity contribution is 0.341. The van der Waals surface area contributed by atoms with Gasteiger partial charge in [-0.2, -0.15) is 0 Å². The molecule has 0 radical (unpaired) electrons. The van der Waals surface area contributed by atoms with Crippen molar-refractivity contribution < 1.29 is 4.74 Å². The zero-order valence-electron chi connectivity index (χ0n) is 10.5. The number of rotatable bonds is 6. The van der Waals surface area contributed by atoms with Gasteiger partial charge in [-0.05, 0) is 32.0 Å². The highest BCUT2D eigenvalue weighted by Crippen LogP contribution is 2.27. The lowest BCUT2D eigenvalue weighted by Crippen LogP contribution is -2.06. The van der Waals surface area contributed by atoms with Crippen LogP contribution in [0.5, 0.6) is 5.75 Å². The van der Waals surface area contributed by atoms with Crippen molar-refractivity contribution >= 4 is 0 Å². The van der Waals surface area contributed by atoms with Crippen LogP contribution in [0.15, 0.2) is 30.5 Å². The van der Waals surface area contributed by atoms with Crippen molar-refractivity contribution in [1.82, 2.24) is 15.0 Å². The maximum atomic E-state index is 5.58. The normalized spacial score (nSPS) is 10.6. The molecule has 96 valence electrons. The van der Waals surface area contributed by atoms with Crippen LogP contribution in [-0.2, 0) is 6.54 Å². The molecule has 0 saturated heterocycles. The molecule has 0 aliphatic carbocycles. The van der Waals surface area contributed by atoms with Gasteiger partial charge in [0, 0.05) is 12.1 Å². The van der Waals surface area contributed by atoms with Gasteiger partial charge in [-0.15, -0.1) is 5.10 Å². The van der Waals surface area contributed by atoms with E-state index in [0.29, 0.717) is 13.2 Å². The molecule has 0 aliphatic heterocycles. The van der Waals surface area contributed by atoms with E-state index >= 15 is 0 Å². The molecular weight excluding hydrogens is 228 g/mol. The lowest BCUT2D eigenvalue weighted by atomic mass is 10.1. The van der Waals surface area contributed by atoms with Crippen LogP contribution in [0.1, 0.15) is 13.3 Å². The maximum Gasteiger partial charge on any atom is 0.128 e. The Balaban J connectivity index is 2.22. The van der Waals surface area contributed by atoms with Crippen LogP contribution in [0.25, 0.3) is 11.3 Å². The van der Waals surface area contributed by atoms with Crippen LogP contribution >= 0.6 is 0 Å². The molecule has 0 fully saturated rings. The van der Waals surface area contributed by atoms with Crippen molar-refractivity contribution in [2.45, 2.75) is 19.9 Å². The van der Waals surface area contributed by atoms with Gasteiger partial charge in [-0.3, -0.25) is 4.68 Å². The van der Waals surface area contributed by atoms with Gasteiger partial charge in [0.05, 0.1) is 12.8 Å². The fourth-order valence-corrected chi connectivity index (χ4v) is 1.74. The number of nitrogens with two attached hydrogens (primary N) is 1. The van der Waals surface area contributed by atoms with Crippen molar-refractivity contribution in [1.29, 1.82) is 0 Å². The molecule has 0 saturated carbocycles. The first-order valence-corrected chi connectivity index (χ1v) is 6.17. The van der Waals surface area contributed by atoms with E-state index in [9.17, 15) is 0 Å². The van der Waals surface area contributed by atoms with Crippen molar-refractivity contribution in [2.75, 3.05) is 13.2 Å². The van der Waals surface area contributed by atoms with Crippen LogP contribution in [0.4, 0.5) is 0 Å². The number of nitrogens with zero attached hydrogens (tertiary/aromatic N) is 3. The summed E-state index contributed by atoms with van der Waals surface area (Å²) in [4.78, 5) is 0. The second kappa shape index (κ2) is 6.16. The van der Waals surface area contributed by atoms with Crippen LogP contribution in [0.2, 0.25) is 0 Å². The molecule has 1 aromatic heterocycles. The summed E-state index contributed by atoms with van der Waals surface area (Å²) < 4.78 is 7.40. The van der Waals surface area contributed by atoms with Crippen LogP contribution < -0.4 is 10.5 Å². The highest BCUT2D eigenvalue weighted by atomic mass is 16.5. The average molecular weight is 246 g/mol. The molecule has 2 aromatic rings. The SMILES string of the molecule is CCOc1ccccc1-c1cn(CCCN)nn1. The Morgan fingerprint density at radius 1 is 1.33 bits per heavy atom. The van der Waals surface area contributed by atoms with Crippen LogP contribution in [0, 0.1) is 0 Å². The molecule has 0 spiro atoms. The van der Waals surface area contributed by atoms with E-state index in [1.54, 1.807) is 0 Å². The minimum Gasteiger partial charge on any atom is -0.493 e. The summed E-state index contributed by atoms with van der Waals surface area (Å²) in [5.74, 6) is 0.839. The van der Waals surface area contributed by atoms with Crippen molar-refractivity contribution in [3.63, 3.8) is 0 Å². The molecule has 1 aromatic carbocycles. The molecule has 1 heterocycles. The van der Waals surface area contributed by atoms with E-state index in [0.717, 1.165) is 30.0 Å². The molecule has 0 bridgehead atoms. The predicted octanol–water partition coefficient (Wildman–Crippen LogP) is 1.69. The summed E-state index contributed by atoms with van der Waals surface area (Å²) in [6.07, 6.45) is 2.82. The Morgan fingerprint density at radius 3 is 2.94 bits per heavy atom. The van der Waals surface area contributed by atoms with Crippen LogP contribution in [0.3, 0.4) is 0 Å². The number of hydrogen-bond acceptors (Lipinski definition) is 4. The summed E-state index contributed by atoms with van der Waals surface area (Å²) in [7, 11) is 0. The summed E-state index contributed by atoms with van der Waals surface area (Å²) in [6, 6.07) is 7.85. The van der Waals surface area contributed by atoms with E-state index in [1.807, 2.05) is 42.1 Å². The Morgan fingerprint density at radius 2 is 2.17 bits per heavy atom. The fraction of sp³-hybridized carbons (Fsp3) is 0.385. The van der Waals surface area contributed by atoms with Gasteiger partial charge in [-0.1, -0.05) is 17.3 Å². The van der Waals surface area contributed by atoms with Crippen molar-refractivity contribution in [3.05, 3.63) is 30.5 Å². The zero-order chi connectivity index (χ0) is 12.8. The van der Waals surface area contributed by atoms with Crippen molar-refractivity contribution in [3.8, 4) is 17.0 Å².